The molecule has 0 amide bonds. The normalized spacial score (nSPS) is 11.5. The van der Waals surface area contributed by atoms with Gasteiger partial charge in [0, 0.05) is 12.1 Å². The first-order chi connectivity index (χ1) is 8.67. The van der Waals surface area contributed by atoms with E-state index in [1.165, 1.54) is 20.3 Å². The molecule has 104 valence electrons. The standard InChI is InChI=1S/C13H15NO3S.ClH/c1-16-9-5-10(15)12(11(6-9)17-2)13(14)8-3-4-18-7-8;/h3-7,13,15H,14H2,1-2H3;1H/t13-;/m1./s1. The predicted molar refractivity (Wildman–Crippen MR) is 78.8 cm³/mol. The Morgan fingerprint density at radius 3 is 2.53 bits per heavy atom. The summed E-state index contributed by atoms with van der Waals surface area (Å²) in [5, 5.41) is 14.0. The summed E-state index contributed by atoms with van der Waals surface area (Å²) >= 11 is 1.56. The van der Waals surface area contributed by atoms with Gasteiger partial charge < -0.3 is 20.3 Å². The fourth-order valence-corrected chi connectivity index (χ4v) is 2.50. The van der Waals surface area contributed by atoms with Crippen molar-refractivity contribution in [3.05, 3.63) is 40.1 Å². The third-order valence-corrected chi connectivity index (χ3v) is 3.46. The van der Waals surface area contributed by atoms with Crippen molar-refractivity contribution >= 4 is 23.7 Å². The lowest BCUT2D eigenvalue weighted by Gasteiger charge is -2.17. The topological polar surface area (TPSA) is 64.7 Å². The predicted octanol–water partition coefficient (Wildman–Crippen LogP) is 2.94. The van der Waals surface area contributed by atoms with Crippen molar-refractivity contribution in [3.63, 3.8) is 0 Å². The number of hydrogen-bond acceptors (Lipinski definition) is 5. The second-order valence-corrected chi connectivity index (χ2v) is 4.58. The van der Waals surface area contributed by atoms with E-state index in [2.05, 4.69) is 0 Å². The SMILES string of the molecule is COc1cc(O)c([C@H](N)c2ccsc2)c(OC)c1.Cl. The number of phenolic OH excluding ortho intramolecular Hbond substituents is 1. The smallest absolute Gasteiger partial charge is 0.131 e. The van der Waals surface area contributed by atoms with Crippen molar-refractivity contribution in [1.82, 2.24) is 0 Å². The molecule has 2 rings (SSSR count). The third kappa shape index (κ3) is 3.12. The molecule has 0 radical (unpaired) electrons. The van der Waals surface area contributed by atoms with Gasteiger partial charge in [0.2, 0.25) is 0 Å². The fourth-order valence-electron chi connectivity index (χ4n) is 1.81. The lowest BCUT2D eigenvalue weighted by atomic mass is 10.00. The first-order valence-electron chi connectivity index (χ1n) is 5.40. The summed E-state index contributed by atoms with van der Waals surface area (Å²) in [6.07, 6.45) is 0. The van der Waals surface area contributed by atoms with Crippen LogP contribution < -0.4 is 15.2 Å². The zero-order valence-corrected chi connectivity index (χ0v) is 12.3. The number of thiophene rings is 1. The lowest BCUT2D eigenvalue weighted by molar-refractivity contribution is 0.377. The van der Waals surface area contributed by atoms with Gasteiger partial charge in [-0.05, 0) is 22.4 Å². The second kappa shape index (κ2) is 6.65. The Kier molecular flexibility index (Phi) is 5.47. The molecular weight excluding hydrogens is 286 g/mol. The van der Waals surface area contributed by atoms with E-state index in [9.17, 15) is 5.11 Å². The zero-order chi connectivity index (χ0) is 13.1. The molecule has 0 aliphatic rings. The highest BCUT2D eigenvalue weighted by molar-refractivity contribution is 7.08. The van der Waals surface area contributed by atoms with Gasteiger partial charge in [-0.25, -0.2) is 0 Å². The molecule has 0 aliphatic heterocycles. The molecule has 1 aromatic carbocycles. The van der Waals surface area contributed by atoms with Crippen molar-refractivity contribution in [3.8, 4) is 17.2 Å². The number of halogens is 1. The number of ether oxygens (including phenoxy) is 2. The number of aromatic hydroxyl groups is 1. The van der Waals surface area contributed by atoms with E-state index in [0.29, 0.717) is 17.1 Å². The molecular formula is C13H16ClNO3S. The molecule has 0 unspecified atom stereocenters. The van der Waals surface area contributed by atoms with E-state index >= 15 is 0 Å². The number of phenols is 1. The highest BCUT2D eigenvalue weighted by atomic mass is 35.5. The van der Waals surface area contributed by atoms with Crippen LogP contribution in [-0.4, -0.2) is 19.3 Å². The molecule has 19 heavy (non-hydrogen) atoms. The van der Waals surface area contributed by atoms with E-state index in [1.54, 1.807) is 17.4 Å². The largest absolute Gasteiger partial charge is 0.507 e. The van der Waals surface area contributed by atoms with Crippen molar-refractivity contribution in [2.45, 2.75) is 6.04 Å². The summed E-state index contributed by atoms with van der Waals surface area (Å²) in [5.41, 5.74) is 7.67. The van der Waals surface area contributed by atoms with E-state index in [4.69, 9.17) is 15.2 Å². The molecule has 1 heterocycles. The van der Waals surface area contributed by atoms with Crippen molar-refractivity contribution < 1.29 is 14.6 Å². The summed E-state index contributed by atoms with van der Waals surface area (Å²) in [4.78, 5) is 0. The second-order valence-electron chi connectivity index (χ2n) is 3.80. The molecule has 6 heteroatoms. The van der Waals surface area contributed by atoms with E-state index < -0.39 is 6.04 Å². The minimum absolute atomic E-state index is 0. The number of nitrogens with two attached hydrogens (primary N) is 1. The van der Waals surface area contributed by atoms with E-state index in [1.807, 2.05) is 16.8 Å². The highest BCUT2D eigenvalue weighted by Gasteiger charge is 2.20. The Balaban J connectivity index is 0.00000180. The molecule has 4 nitrogen and oxygen atoms in total. The maximum atomic E-state index is 10.1. The van der Waals surface area contributed by atoms with Gasteiger partial charge in [0.15, 0.2) is 0 Å². The highest BCUT2D eigenvalue weighted by Crippen LogP contribution is 2.39. The van der Waals surface area contributed by atoms with Gasteiger partial charge in [-0.15, -0.1) is 12.4 Å². The van der Waals surface area contributed by atoms with Crippen molar-refractivity contribution in [2.75, 3.05) is 14.2 Å². The van der Waals surface area contributed by atoms with Crippen LogP contribution in [0.1, 0.15) is 17.2 Å². The van der Waals surface area contributed by atoms with Gasteiger partial charge in [0.05, 0.1) is 25.8 Å². The molecule has 1 aromatic heterocycles. The molecule has 0 saturated heterocycles. The average Bonchev–Trinajstić information content (AvgIpc) is 2.90. The number of rotatable bonds is 4. The maximum absolute atomic E-state index is 10.1. The Morgan fingerprint density at radius 2 is 2.00 bits per heavy atom. The minimum atomic E-state index is -0.419. The number of hydrogen-bond donors (Lipinski definition) is 2. The minimum Gasteiger partial charge on any atom is -0.507 e. The molecule has 1 atom stereocenters. The van der Waals surface area contributed by atoms with Gasteiger partial charge in [-0.3, -0.25) is 0 Å². The summed E-state index contributed by atoms with van der Waals surface area (Å²) in [6.45, 7) is 0. The zero-order valence-electron chi connectivity index (χ0n) is 10.6. The van der Waals surface area contributed by atoms with Crippen LogP contribution in [-0.2, 0) is 0 Å². The molecule has 0 spiro atoms. The number of methoxy groups -OCH3 is 2. The van der Waals surface area contributed by atoms with Crippen LogP contribution in [0.3, 0.4) is 0 Å². The summed E-state index contributed by atoms with van der Waals surface area (Å²) < 4.78 is 10.4. The molecule has 3 N–H and O–H groups in total. The van der Waals surface area contributed by atoms with Gasteiger partial charge >= 0.3 is 0 Å². The summed E-state index contributed by atoms with van der Waals surface area (Å²) in [6, 6.07) is 4.75. The van der Waals surface area contributed by atoms with Crippen LogP contribution >= 0.6 is 23.7 Å². The number of benzene rings is 1. The molecule has 0 saturated carbocycles. The van der Waals surface area contributed by atoms with E-state index in [-0.39, 0.29) is 18.2 Å². The molecule has 0 aliphatic carbocycles. The van der Waals surface area contributed by atoms with E-state index in [0.717, 1.165) is 5.56 Å². The summed E-state index contributed by atoms with van der Waals surface area (Å²) in [7, 11) is 3.07. The van der Waals surface area contributed by atoms with Crippen LogP contribution in [0.15, 0.2) is 29.0 Å². The molecule has 2 aromatic rings. The summed E-state index contributed by atoms with van der Waals surface area (Å²) in [5.74, 6) is 1.13. The molecule has 0 bridgehead atoms. The monoisotopic (exact) mass is 301 g/mol. The van der Waals surface area contributed by atoms with Crippen molar-refractivity contribution in [1.29, 1.82) is 0 Å². The van der Waals surface area contributed by atoms with Gasteiger partial charge in [0.25, 0.3) is 0 Å². The Hall–Kier alpha value is -1.43. The van der Waals surface area contributed by atoms with Crippen LogP contribution in [0.25, 0.3) is 0 Å². The van der Waals surface area contributed by atoms with Crippen LogP contribution in [0.5, 0.6) is 17.2 Å². The van der Waals surface area contributed by atoms with Crippen LogP contribution in [0.2, 0.25) is 0 Å². The first-order valence-corrected chi connectivity index (χ1v) is 6.34. The third-order valence-electron chi connectivity index (χ3n) is 2.76. The quantitative estimate of drug-likeness (QED) is 0.911. The van der Waals surface area contributed by atoms with Gasteiger partial charge in [-0.2, -0.15) is 11.3 Å². The van der Waals surface area contributed by atoms with Gasteiger partial charge in [0.1, 0.15) is 17.2 Å². The van der Waals surface area contributed by atoms with Crippen LogP contribution in [0.4, 0.5) is 0 Å². The van der Waals surface area contributed by atoms with Crippen molar-refractivity contribution in [2.24, 2.45) is 5.73 Å². The lowest BCUT2D eigenvalue weighted by Crippen LogP contribution is -2.12. The van der Waals surface area contributed by atoms with Gasteiger partial charge in [-0.1, -0.05) is 0 Å². The fraction of sp³-hybridized carbons (Fsp3) is 0.231. The first kappa shape index (κ1) is 15.6. The maximum Gasteiger partial charge on any atom is 0.131 e. The van der Waals surface area contributed by atoms with Crippen LogP contribution in [0, 0.1) is 0 Å². The molecule has 0 fully saturated rings. The Bertz CT molecular complexity index is 531. The average molecular weight is 302 g/mol. The Labute approximate surface area is 122 Å². The Morgan fingerprint density at radius 1 is 1.26 bits per heavy atom.